The average molecular weight is 890 g/mol. The zero-order valence-electron chi connectivity index (χ0n) is 39.1. The lowest BCUT2D eigenvalue weighted by molar-refractivity contribution is -0.208. The minimum absolute atomic E-state index is 0.0449. The lowest BCUT2D eigenvalue weighted by atomic mass is 9.86. The van der Waals surface area contributed by atoms with Crippen LogP contribution in [-0.2, 0) is 48.1 Å². The number of phenolic OH excluding ortho intramolecular Hbond substituents is 3. The highest BCUT2D eigenvalue weighted by Gasteiger charge is 2.46. The summed E-state index contributed by atoms with van der Waals surface area (Å²) in [5.74, 6) is -0.145. The van der Waals surface area contributed by atoms with Gasteiger partial charge in [-0.2, -0.15) is 0 Å². The summed E-state index contributed by atoms with van der Waals surface area (Å²) in [6.07, 6.45) is 3.24. The molecule has 0 aromatic heterocycles. The second-order valence-corrected chi connectivity index (χ2v) is 17.9. The van der Waals surface area contributed by atoms with Crippen molar-refractivity contribution in [2.24, 2.45) is 5.73 Å². The number of carboxylic acid groups (broad SMARTS) is 1. The Kier molecular flexibility index (Phi) is 13.9. The zero-order chi connectivity index (χ0) is 48.0. The van der Waals surface area contributed by atoms with Crippen LogP contribution in [0.4, 0.5) is 0 Å². The average Bonchev–Trinajstić information content (AvgIpc) is 3.58. The Morgan fingerprint density at radius 3 is 1.30 bits per heavy atom. The number of imide groups is 1. The van der Waals surface area contributed by atoms with Crippen LogP contribution in [0.15, 0.2) is 0 Å². The summed E-state index contributed by atoms with van der Waals surface area (Å²) in [6, 6.07) is 0. The number of benzene rings is 3. The van der Waals surface area contributed by atoms with Gasteiger partial charge in [-0.25, -0.2) is 9.59 Å². The first-order chi connectivity index (χ1) is 29.7. The molecular formula is C48H63N3O13. The Bertz CT molecular complexity index is 2430. The normalized spacial score (nSPS) is 21.9. The van der Waals surface area contributed by atoms with E-state index in [1.54, 1.807) is 27.7 Å². The Hall–Kier alpha value is -6.03. The second-order valence-electron chi connectivity index (χ2n) is 17.9. The van der Waals surface area contributed by atoms with Crippen LogP contribution >= 0.6 is 0 Å². The fraction of sp³-hybridized carbons (Fsp3) is 0.521. The van der Waals surface area contributed by atoms with E-state index in [9.17, 15) is 44.4 Å². The summed E-state index contributed by atoms with van der Waals surface area (Å²) >= 11 is 0. The number of fused-ring (bicyclic) bond motifs is 3. The Morgan fingerprint density at radius 2 is 0.922 bits per heavy atom. The van der Waals surface area contributed by atoms with Gasteiger partial charge in [0.2, 0.25) is 11.2 Å². The van der Waals surface area contributed by atoms with Gasteiger partial charge in [0.25, 0.3) is 17.7 Å². The highest BCUT2D eigenvalue weighted by molar-refractivity contribution is 6.02. The van der Waals surface area contributed by atoms with Crippen molar-refractivity contribution >= 4 is 29.7 Å². The van der Waals surface area contributed by atoms with Gasteiger partial charge in [0.15, 0.2) is 5.60 Å². The number of ether oxygens (including phenoxy) is 3. The molecule has 1 saturated heterocycles. The third-order valence-electron chi connectivity index (χ3n) is 13.5. The van der Waals surface area contributed by atoms with E-state index in [0.29, 0.717) is 79.5 Å². The van der Waals surface area contributed by atoms with Crippen LogP contribution in [0.5, 0.6) is 34.5 Å². The first-order valence-corrected chi connectivity index (χ1v) is 21.6. The number of amides is 3. The van der Waals surface area contributed by atoms with Crippen LogP contribution in [-0.4, -0.2) is 85.0 Å². The van der Waals surface area contributed by atoms with E-state index in [4.69, 9.17) is 24.8 Å². The van der Waals surface area contributed by atoms with Gasteiger partial charge in [-0.1, -0.05) is 0 Å². The molecule has 348 valence electrons. The number of nitrogens with zero attached hydrogens (tertiary/aromatic N) is 1. The van der Waals surface area contributed by atoms with E-state index in [-0.39, 0.29) is 30.2 Å². The quantitative estimate of drug-likeness (QED) is 0.156. The number of aliphatic carboxylic acids is 1. The maximum Gasteiger partial charge on any atom is 0.376 e. The maximum absolute atomic E-state index is 12.6. The van der Waals surface area contributed by atoms with Crippen LogP contribution in [0.3, 0.4) is 0 Å². The molecule has 0 aliphatic carbocycles. The molecule has 3 aromatic carbocycles. The van der Waals surface area contributed by atoms with E-state index < -0.39 is 40.6 Å². The molecule has 3 aromatic rings. The molecule has 0 radical (unpaired) electrons. The predicted molar refractivity (Wildman–Crippen MR) is 236 cm³/mol. The van der Waals surface area contributed by atoms with Gasteiger partial charge < -0.3 is 50.5 Å². The molecule has 7 rings (SSSR count). The lowest BCUT2D eigenvalue weighted by Crippen LogP contribution is -2.51. The number of hydrogen-bond donors (Lipinski definition) is 6. The topological polar surface area (TPSA) is 244 Å². The molecule has 4 heterocycles. The maximum atomic E-state index is 12.6. The molecule has 1 fully saturated rings. The van der Waals surface area contributed by atoms with Gasteiger partial charge in [0.05, 0.1) is 0 Å². The summed E-state index contributed by atoms with van der Waals surface area (Å²) in [5.41, 5.74) is 11.9. The molecule has 3 amide bonds. The fourth-order valence-electron chi connectivity index (χ4n) is 8.41. The number of rotatable bonds is 6. The van der Waals surface area contributed by atoms with Gasteiger partial charge in [0.1, 0.15) is 34.5 Å². The lowest BCUT2D eigenvalue weighted by Gasteiger charge is -2.36. The number of hydroxylamine groups is 2. The first kappa shape index (κ1) is 49.0. The summed E-state index contributed by atoms with van der Waals surface area (Å²) in [4.78, 5) is 64.5. The van der Waals surface area contributed by atoms with E-state index >= 15 is 0 Å². The van der Waals surface area contributed by atoms with Crippen molar-refractivity contribution in [3.63, 3.8) is 0 Å². The van der Waals surface area contributed by atoms with E-state index in [1.165, 1.54) is 0 Å². The molecule has 0 bridgehead atoms. The molecule has 0 saturated carbocycles. The van der Waals surface area contributed by atoms with Gasteiger partial charge in [0, 0.05) is 61.9 Å². The SMILES string of the molecule is Cc1c(C)c2c(c(C)c1O)CCC(C)(C(=O)NCCN)O2.Cc1c(C)c2c(c(C)c1O)CCC(C)(C(=O)O)O2.Cc1c(C)c2c(c(C)c1O)CCC(C)(C(=O)ON1C(=O)CCC1=O)O2. The van der Waals surface area contributed by atoms with Crippen molar-refractivity contribution in [1.29, 1.82) is 0 Å². The molecule has 3 atom stereocenters. The zero-order valence-corrected chi connectivity index (χ0v) is 39.1. The number of carboxylic acids is 1. The summed E-state index contributed by atoms with van der Waals surface area (Å²) in [5, 5.41) is 42.9. The van der Waals surface area contributed by atoms with Crippen molar-refractivity contribution in [2.45, 2.75) is 151 Å². The Balaban J connectivity index is 0.000000183. The minimum atomic E-state index is -1.31. The molecule has 0 spiro atoms. The number of nitrogens with two attached hydrogens (primary N) is 1. The third kappa shape index (κ3) is 8.88. The monoisotopic (exact) mass is 889 g/mol. The van der Waals surface area contributed by atoms with Gasteiger partial charge in [-0.15, -0.1) is 5.06 Å². The third-order valence-corrected chi connectivity index (χ3v) is 13.5. The number of hydrogen-bond acceptors (Lipinski definition) is 13. The van der Waals surface area contributed by atoms with Crippen LogP contribution < -0.4 is 25.3 Å². The number of carbonyl (C=O) groups excluding carboxylic acids is 4. The first-order valence-electron chi connectivity index (χ1n) is 21.6. The molecule has 4 aliphatic heterocycles. The molecule has 16 heteroatoms. The molecule has 7 N–H and O–H groups in total. The van der Waals surface area contributed by atoms with Crippen LogP contribution in [0.2, 0.25) is 0 Å². The largest absolute Gasteiger partial charge is 0.507 e. The van der Waals surface area contributed by atoms with E-state index in [2.05, 4.69) is 5.32 Å². The fourth-order valence-corrected chi connectivity index (χ4v) is 8.41. The van der Waals surface area contributed by atoms with Crippen molar-refractivity contribution in [2.75, 3.05) is 13.1 Å². The predicted octanol–water partition coefficient (Wildman–Crippen LogP) is 5.97. The van der Waals surface area contributed by atoms with Crippen molar-refractivity contribution in [1.82, 2.24) is 10.4 Å². The van der Waals surface area contributed by atoms with Crippen LogP contribution in [0, 0.1) is 62.3 Å². The van der Waals surface area contributed by atoms with Crippen molar-refractivity contribution in [3.8, 4) is 34.5 Å². The van der Waals surface area contributed by atoms with Gasteiger partial charge in [-0.05, 0) is 152 Å². The highest BCUT2D eigenvalue weighted by atomic mass is 16.7. The highest BCUT2D eigenvalue weighted by Crippen LogP contribution is 2.46. The molecule has 16 nitrogen and oxygen atoms in total. The number of phenols is 3. The number of nitrogens with one attached hydrogen (secondary N) is 1. The van der Waals surface area contributed by atoms with Crippen molar-refractivity contribution < 1.29 is 63.4 Å². The standard InChI is InChI=1S/C18H21NO6.C16H24N2O3.C14H18O4/c1-9-10(2)16-12(11(3)15(9)22)7-8-18(4,24-16)17(23)25-19-13(20)5-6-14(19)21;1-9-10(2)14-12(11(3)13(9)19)5-6-16(4,21-14)15(20)18-8-7-17;1-7-8(2)12-10(9(3)11(7)15)5-6-14(4,18-12)13(16)17/h22H,5-8H2,1-4H3;19H,5-8,17H2,1-4H3,(H,18,20);15H,5-6H2,1-4H3,(H,16,17). The molecule has 4 aliphatic rings. The van der Waals surface area contributed by atoms with Crippen LogP contribution in [0.1, 0.15) is 120 Å². The summed E-state index contributed by atoms with van der Waals surface area (Å²) in [7, 11) is 0. The summed E-state index contributed by atoms with van der Waals surface area (Å²) < 4.78 is 17.8. The van der Waals surface area contributed by atoms with Crippen molar-refractivity contribution in [3.05, 3.63) is 66.8 Å². The van der Waals surface area contributed by atoms with Crippen LogP contribution in [0.25, 0.3) is 0 Å². The molecule has 3 unspecified atom stereocenters. The smallest absolute Gasteiger partial charge is 0.376 e. The van der Waals surface area contributed by atoms with Gasteiger partial charge in [-0.3, -0.25) is 14.4 Å². The number of aromatic hydroxyl groups is 3. The molecular weight excluding hydrogens is 827 g/mol. The summed E-state index contributed by atoms with van der Waals surface area (Å²) in [6.45, 7) is 22.4. The van der Waals surface area contributed by atoms with E-state index in [1.807, 2.05) is 55.4 Å². The Morgan fingerprint density at radius 1 is 0.578 bits per heavy atom. The van der Waals surface area contributed by atoms with E-state index in [0.717, 1.165) is 66.9 Å². The second kappa shape index (κ2) is 18.2. The van der Waals surface area contributed by atoms with Gasteiger partial charge >= 0.3 is 11.9 Å². The Labute approximate surface area is 374 Å². The number of carbonyl (C=O) groups is 5. The molecule has 64 heavy (non-hydrogen) atoms. The minimum Gasteiger partial charge on any atom is -0.507 e.